The van der Waals surface area contributed by atoms with Crippen molar-refractivity contribution in [3.8, 4) is 0 Å². The maximum Gasteiger partial charge on any atom is 0.230 e. The summed E-state index contributed by atoms with van der Waals surface area (Å²) < 4.78 is 13.8. The molecule has 2 rings (SSSR count). The lowest BCUT2D eigenvalue weighted by Crippen LogP contribution is -2.50. The van der Waals surface area contributed by atoms with Crippen LogP contribution in [0.2, 0.25) is 0 Å². The van der Waals surface area contributed by atoms with Crippen molar-refractivity contribution in [1.29, 1.82) is 0 Å². The van der Waals surface area contributed by atoms with Crippen molar-refractivity contribution < 1.29 is 9.18 Å². The van der Waals surface area contributed by atoms with E-state index < -0.39 is 5.41 Å². The van der Waals surface area contributed by atoms with E-state index in [4.69, 9.17) is 5.73 Å². The lowest BCUT2D eigenvalue weighted by Gasteiger charge is -2.40. The molecule has 1 amide bonds. The number of hydrogen-bond acceptors (Lipinski definition) is 2. The molecule has 17 heavy (non-hydrogen) atoms. The number of nitrogens with two attached hydrogens (primary N) is 1. The van der Waals surface area contributed by atoms with Gasteiger partial charge in [-0.05, 0) is 18.9 Å². The summed E-state index contributed by atoms with van der Waals surface area (Å²) in [7, 11) is 0. The molecule has 0 aromatic heterocycles. The molecule has 4 heteroatoms. The van der Waals surface area contributed by atoms with Gasteiger partial charge in [0.15, 0.2) is 0 Å². The van der Waals surface area contributed by atoms with Gasteiger partial charge in [0.2, 0.25) is 5.91 Å². The highest BCUT2D eigenvalue weighted by Gasteiger charge is 2.46. The number of nitrogens with one attached hydrogen (secondary N) is 1. The van der Waals surface area contributed by atoms with Crippen molar-refractivity contribution in [3.63, 3.8) is 0 Å². The minimum Gasteiger partial charge on any atom is -0.354 e. The van der Waals surface area contributed by atoms with Crippen LogP contribution in [0.4, 0.5) is 4.39 Å². The van der Waals surface area contributed by atoms with Crippen LogP contribution >= 0.6 is 0 Å². The Morgan fingerprint density at radius 3 is 2.65 bits per heavy atom. The second kappa shape index (κ2) is 4.84. The van der Waals surface area contributed by atoms with Crippen LogP contribution in [0.5, 0.6) is 0 Å². The Kier molecular flexibility index (Phi) is 3.43. The second-order valence-corrected chi connectivity index (χ2v) is 4.46. The number of benzene rings is 1. The summed E-state index contributed by atoms with van der Waals surface area (Å²) in [5, 5.41) is 2.77. The SMILES string of the molecule is NCCNC(=O)C1(c2ccccc2F)CCC1. The molecule has 1 aliphatic rings. The summed E-state index contributed by atoms with van der Waals surface area (Å²) in [6.45, 7) is 0.841. The van der Waals surface area contributed by atoms with Crippen LogP contribution in [0.15, 0.2) is 24.3 Å². The fourth-order valence-electron chi connectivity index (χ4n) is 2.35. The molecule has 0 saturated heterocycles. The first kappa shape index (κ1) is 12.0. The van der Waals surface area contributed by atoms with E-state index in [0.717, 1.165) is 6.42 Å². The van der Waals surface area contributed by atoms with Gasteiger partial charge >= 0.3 is 0 Å². The van der Waals surface area contributed by atoms with Crippen LogP contribution in [-0.2, 0) is 10.2 Å². The predicted molar refractivity (Wildman–Crippen MR) is 64.0 cm³/mol. The van der Waals surface area contributed by atoms with Crippen LogP contribution in [-0.4, -0.2) is 19.0 Å². The number of amides is 1. The van der Waals surface area contributed by atoms with Crippen molar-refractivity contribution in [2.24, 2.45) is 5.73 Å². The molecule has 1 saturated carbocycles. The van der Waals surface area contributed by atoms with Gasteiger partial charge < -0.3 is 11.1 Å². The van der Waals surface area contributed by atoms with Crippen molar-refractivity contribution in [2.75, 3.05) is 13.1 Å². The Labute approximate surface area is 100 Å². The zero-order valence-corrected chi connectivity index (χ0v) is 9.71. The molecular weight excluding hydrogens is 219 g/mol. The first-order valence-corrected chi connectivity index (χ1v) is 5.94. The van der Waals surface area contributed by atoms with E-state index in [-0.39, 0.29) is 11.7 Å². The van der Waals surface area contributed by atoms with Gasteiger partial charge in [0, 0.05) is 18.7 Å². The van der Waals surface area contributed by atoms with E-state index in [0.29, 0.717) is 31.5 Å². The molecule has 0 heterocycles. The van der Waals surface area contributed by atoms with Gasteiger partial charge in [-0.1, -0.05) is 24.6 Å². The fraction of sp³-hybridized carbons (Fsp3) is 0.462. The highest BCUT2D eigenvalue weighted by atomic mass is 19.1. The summed E-state index contributed by atoms with van der Waals surface area (Å²) in [6, 6.07) is 6.53. The monoisotopic (exact) mass is 236 g/mol. The average molecular weight is 236 g/mol. The van der Waals surface area contributed by atoms with Crippen LogP contribution in [0.1, 0.15) is 24.8 Å². The quantitative estimate of drug-likeness (QED) is 0.828. The van der Waals surface area contributed by atoms with E-state index in [2.05, 4.69) is 5.32 Å². The number of rotatable bonds is 4. The largest absolute Gasteiger partial charge is 0.354 e. The Bertz CT molecular complexity index is 416. The number of hydrogen-bond donors (Lipinski definition) is 2. The molecule has 0 aliphatic heterocycles. The fourth-order valence-corrected chi connectivity index (χ4v) is 2.35. The maximum absolute atomic E-state index is 13.8. The van der Waals surface area contributed by atoms with Gasteiger partial charge in [-0.15, -0.1) is 0 Å². The standard InChI is InChI=1S/C13H17FN2O/c14-11-5-2-1-4-10(11)13(6-3-7-13)12(17)16-9-8-15/h1-2,4-5H,3,6-9,15H2,(H,16,17). The normalized spacial score (nSPS) is 17.3. The molecule has 0 bridgehead atoms. The Morgan fingerprint density at radius 2 is 2.12 bits per heavy atom. The topological polar surface area (TPSA) is 55.1 Å². The molecule has 92 valence electrons. The van der Waals surface area contributed by atoms with Crippen LogP contribution in [0.3, 0.4) is 0 Å². The molecule has 0 atom stereocenters. The van der Waals surface area contributed by atoms with Crippen LogP contribution in [0.25, 0.3) is 0 Å². The minimum atomic E-state index is -0.666. The molecular formula is C13H17FN2O. The summed E-state index contributed by atoms with van der Waals surface area (Å²) in [5.74, 6) is -0.394. The van der Waals surface area contributed by atoms with Crippen LogP contribution in [0, 0.1) is 5.82 Å². The first-order chi connectivity index (χ1) is 8.20. The van der Waals surface area contributed by atoms with Gasteiger partial charge in [0.05, 0.1) is 5.41 Å². The summed E-state index contributed by atoms with van der Waals surface area (Å²) in [5.41, 5.74) is 5.21. The number of carbonyl (C=O) groups excluding carboxylic acids is 1. The Morgan fingerprint density at radius 1 is 1.41 bits per heavy atom. The summed E-state index contributed by atoms with van der Waals surface area (Å²) in [6.07, 6.45) is 2.39. The molecule has 0 unspecified atom stereocenters. The Hall–Kier alpha value is -1.42. The molecule has 0 radical (unpaired) electrons. The number of carbonyl (C=O) groups is 1. The molecule has 1 fully saturated rings. The van der Waals surface area contributed by atoms with Crippen molar-refractivity contribution >= 4 is 5.91 Å². The van der Waals surface area contributed by atoms with Gasteiger partial charge in [0.25, 0.3) is 0 Å². The van der Waals surface area contributed by atoms with Crippen molar-refractivity contribution in [2.45, 2.75) is 24.7 Å². The molecule has 3 nitrogen and oxygen atoms in total. The summed E-state index contributed by atoms with van der Waals surface area (Å²) in [4.78, 5) is 12.1. The maximum atomic E-state index is 13.8. The zero-order valence-electron chi connectivity index (χ0n) is 9.71. The van der Waals surface area contributed by atoms with Gasteiger partial charge in [-0.3, -0.25) is 4.79 Å². The smallest absolute Gasteiger partial charge is 0.230 e. The van der Waals surface area contributed by atoms with Gasteiger partial charge in [0.1, 0.15) is 5.82 Å². The van der Waals surface area contributed by atoms with Crippen molar-refractivity contribution in [1.82, 2.24) is 5.32 Å². The lowest BCUT2D eigenvalue weighted by atomic mass is 9.63. The third-order valence-corrected chi connectivity index (χ3v) is 3.46. The molecule has 1 aromatic rings. The van der Waals surface area contributed by atoms with E-state index in [1.54, 1.807) is 18.2 Å². The van der Waals surface area contributed by atoms with E-state index >= 15 is 0 Å². The van der Waals surface area contributed by atoms with Crippen molar-refractivity contribution in [3.05, 3.63) is 35.6 Å². The van der Waals surface area contributed by atoms with E-state index in [9.17, 15) is 9.18 Å². The first-order valence-electron chi connectivity index (χ1n) is 5.94. The molecule has 0 spiro atoms. The number of halogens is 1. The van der Waals surface area contributed by atoms with E-state index in [1.165, 1.54) is 6.07 Å². The lowest BCUT2D eigenvalue weighted by molar-refractivity contribution is -0.130. The highest BCUT2D eigenvalue weighted by Crippen LogP contribution is 2.44. The second-order valence-electron chi connectivity index (χ2n) is 4.46. The molecule has 1 aromatic carbocycles. The highest BCUT2D eigenvalue weighted by molar-refractivity contribution is 5.89. The van der Waals surface area contributed by atoms with Gasteiger partial charge in [-0.2, -0.15) is 0 Å². The third kappa shape index (κ3) is 2.05. The van der Waals surface area contributed by atoms with Gasteiger partial charge in [-0.25, -0.2) is 4.39 Å². The predicted octanol–water partition coefficient (Wildman–Crippen LogP) is 1.32. The third-order valence-electron chi connectivity index (χ3n) is 3.46. The molecule has 1 aliphatic carbocycles. The summed E-state index contributed by atoms with van der Waals surface area (Å²) >= 11 is 0. The zero-order chi connectivity index (χ0) is 12.3. The minimum absolute atomic E-state index is 0.0979. The van der Waals surface area contributed by atoms with E-state index in [1.807, 2.05) is 0 Å². The van der Waals surface area contributed by atoms with Crippen LogP contribution < -0.4 is 11.1 Å². The Balaban J connectivity index is 2.26. The molecule has 3 N–H and O–H groups in total. The average Bonchev–Trinajstić information content (AvgIpc) is 2.27.